The molecule has 1 atom stereocenters. The van der Waals surface area contributed by atoms with Gasteiger partial charge in [-0.3, -0.25) is 9.69 Å². The second-order valence-corrected chi connectivity index (χ2v) is 6.88. The second kappa shape index (κ2) is 8.82. The van der Waals surface area contributed by atoms with E-state index in [2.05, 4.69) is 41.4 Å². The minimum atomic E-state index is 0.000209. The van der Waals surface area contributed by atoms with Gasteiger partial charge in [0.1, 0.15) is 0 Å². The van der Waals surface area contributed by atoms with Crippen LogP contribution in [0.1, 0.15) is 60.1 Å². The molecule has 1 fully saturated rings. The molecule has 0 unspecified atom stereocenters. The number of rotatable bonds is 6. The Morgan fingerprint density at radius 2 is 1.68 bits per heavy atom. The minimum Gasteiger partial charge on any atom is -0.345 e. The molecule has 1 amide bonds. The number of nitrogens with zero attached hydrogens (tertiary/aromatic N) is 1. The topological polar surface area (TPSA) is 32.3 Å². The van der Waals surface area contributed by atoms with Crippen molar-refractivity contribution in [3.8, 4) is 0 Å². The van der Waals surface area contributed by atoms with Crippen LogP contribution in [0.2, 0.25) is 0 Å². The van der Waals surface area contributed by atoms with E-state index in [1.165, 1.54) is 37.9 Å². The number of likely N-dealkylation sites (tertiary alicyclic amines) is 1. The van der Waals surface area contributed by atoms with Crippen LogP contribution in [0.3, 0.4) is 0 Å². The molecule has 0 saturated carbocycles. The summed E-state index contributed by atoms with van der Waals surface area (Å²) in [6, 6.07) is 18.3. The van der Waals surface area contributed by atoms with Crippen LogP contribution in [0.15, 0.2) is 54.6 Å². The van der Waals surface area contributed by atoms with Crippen LogP contribution in [0.25, 0.3) is 0 Å². The summed E-state index contributed by atoms with van der Waals surface area (Å²) in [5.74, 6) is 0.000209. The van der Waals surface area contributed by atoms with Gasteiger partial charge in [-0.05, 0) is 55.6 Å². The summed E-state index contributed by atoms with van der Waals surface area (Å²) < 4.78 is 0. The smallest absolute Gasteiger partial charge is 0.251 e. The second-order valence-electron chi connectivity index (χ2n) is 6.88. The highest BCUT2D eigenvalue weighted by Crippen LogP contribution is 2.18. The zero-order chi connectivity index (χ0) is 17.5. The molecule has 3 rings (SSSR count). The van der Waals surface area contributed by atoms with Crippen molar-refractivity contribution < 1.29 is 4.79 Å². The van der Waals surface area contributed by atoms with Gasteiger partial charge in [0.15, 0.2) is 0 Å². The van der Waals surface area contributed by atoms with E-state index in [9.17, 15) is 4.79 Å². The van der Waals surface area contributed by atoms with Crippen molar-refractivity contribution in [1.29, 1.82) is 0 Å². The average Bonchev–Trinajstić information content (AvgIpc) is 2.68. The predicted octanol–water partition coefficient (Wildman–Crippen LogP) is 4.55. The highest BCUT2D eigenvalue weighted by Gasteiger charge is 2.14. The van der Waals surface area contributed by atoms with Gasteiger partial charge < -0.3 is 5.32 Å². The van der Waals surface area contributed by atoms with Crippen LogP contribution in [-0.4, -0.2) is 23.9 Å². The molecule has 0 aliphatic carbocycles. The molecular formula is C22H28N2O. The molecule has 1 N–H and O–H groups in total. The molecular weight excluding hydrogens is 308 g/mol. The van der Waals surface area contributed by atoms with Crippen molar-refractivity contribution in [3.63, 3.8) is 0 Å². The van der Waals surface area contributed by atoms with Gasteiger partial charge in [-0.1, -0.05) is 55.8 Å². The number of hydrogen-bond donors (Lipinski definition) is 1. The average molecular weight is 336 g/mol. The molecule has 2 aromatic rings. The lowest BCUT2D eigenvalue weighted by Gasteiger charge is -2.26. The first kappa shape index (κ1) is 17.7. The minimum absolute atomic E-state index is 0.000209. The Morgan fingerprint density at radius 1 is 1.00 bits per heavy atom. The number of carbonyl (C=O) groups is 1. The summed E-state index contributed by atoms with van der Waals surface area (Å²) in [6.45, 7) is 5.47. The number of carbonyl (C=O) groups excluding carboxylic acids is 1. The first-order chi connectivity index (χ1) is 12.3. The van der Waals surface area contributed by atoms with Gasteiger partial charge in [-0.2, -0.15) is 0 Å². The molecule has 1 aliphatic heterocycles. The Hall–Kier alpha value is -2.13. The SMILES string of the molecule is CC[C@H](NC(=O)c1ccc(CN2CCCCC2)cc1)c1ccccc1. The van der Waals surface area contributed by atoms with E-state index in [0.29, 0.717) is 0 Å². The van der Waals surface area contributed by atoms with Gasteiger partial charge in [0.2, 0.25) is 0 Å². The molecule has 25 heavy (non-hydrogen) atoms. The summed E-state index contributed by atoms with van der Waals surface area (Å²) in [6.07, 6.45) is 4.84. The highest BCUT2D eigenvalue weighted by atomic mass is 16.1. The van der Waals surface area contributed by atoms with Crippen LogP contribution >= 0.6 is 0 Å². The Kier molecular flexibility index (Phi) is 6.24. The first-order valence-corrected chi connectivity index (χ1v) is 9.43. The van der Waals surface area contributed by atoms with Crippen LogP contribution < -0.4 is 5.32 Å². The van der Waals surface area contributed by atoms with E-state index < -0.39 is 0 Å². The monoisotopic (exact) mass is 336 g/mol. The first-order valence-electron chi connectivity index (χ1n) is 9.43. The lowest BCUT2D eigenvalue weighted by Crippen LogP contribution is -2.29. The zero-order valence-corrected chi connectivity index (χ0v) is 15.1. The van der Waals surface area contributed by atoms with Gasteiger partial charge in [0.05, 0.1) is 6.04 Å². The molecule has 0 spiro atoms. The summed E-state index contributed by atoms with van der Waals surface area (Å²) in [5, 5.41) is 3.15. The number of hydrogen-bond acceptors (Lipinski definition) is 2. The van der Waals surface area contributed by atoms with Crippen molar-refractivity contribution in [2.24, 2.45) is 0 Å². The maximum atomic E-state index is 12.6. The van der Waals surface area contributed by atoms with Crippen LogP contribution in [-0.2, 0) is 6.54 Å². The molecule has 3 nitrogen and oxygen atoms in total. The van der Waals surface area contributed by atoms with Crippen LogP contribution in [0.4, 0.5) is 0 Å². The van der Waals surface area contributed by atoms with Gasteiger partial charge in [-0.25, -0.2) is 0 Å². The van der Waals surface area contributed by atoms with Crippen molar-refractivity contribution in [3.05, 3.63) is 71.3 Å². The number of benzene rings is 2. The summed E-state index contributed by atoms with van der Waals surface area (Å²) in [7, 11) is 0. The van der Waals surface area contributed by atoms with Gasteiger partial charge >= 0.3 is 0 Å². The summed E-state index contributed by atoms with van der Waals surface area (Å²) >= 11 is 0. The molecule has 0 aromatic heterocycles. The number of amides is 1. The van der Waals surface area contributed by atoms with Crippen molar-refractivity contribution in [2.45, 2.75) is 45.2 Å². The lowest BCUT2D eigenvalue weighted by molar-refractivity contribution is 0.0935. The zero-order valence-electron chi connectivity index (χ0n) is 15.1. The van der Waals surface area contributed by atoms with Crippen LogP contribution in [0.5, 0.6) is 0 Å². The van der Waals surface area contributed by atoms with E-state index in [-0.39, 0.29) is 11.9 Å². The van der Waals surface area contributed by atoms with Crippen molar-refractivity contribution in [1.82, 2.24) is 10.2 Å². The number of piperidine rings is 1. The Morgan fingerprint density at radius 3 is 2.32 bits per heavy atom. The highest BCUT2D eigenvalue weighted by molar-refractivity contribution is 5.94. The lowest BCUT2D eigenvalue weighted by atomic mass is 10.0. The summed E-state index contributed by atoms with van der Waals surface area (Å²) in [4.78, 5) is 15.1. The normalized spacial score (nSPS) is 16.4. The fourth-order valence-electron chi connectivity index (χ4n) is 3.49. The third-order valence-corrected chi connectivity index (χ3v) is 4.99. The maximum Gasteiger partial charge on any atom is 0.251 e. The third-order valence-electron chi connectivity index (χ3n) is 4.99. The fraction of sp³-hybridized carbons (Fsp3) is 0.409. The van der Waals surface area contributed by atoms with Crippen molar-refractivity contribution in [2.75, 3.05) is 13.1 Å². The summed E-state index contributed by atoms with van der Waals surface area (Å²) in [5.41, 5.74) is 3.17. The quantitative estimate of drug-likeness (QED) is 0.839. The van der Waals surface area contributed by atoms with E-state index >= 15 is 0 Å². The molecule has 132 valence electrons. The van der Waals surface area contributed by atoms with Gasteiger partial charge in [-0.15, -0.1) is 0 Å². The standard InChI is InChI=1S/C22H28N2O/c1-2-21(19-9-5-3-6-10-19)23-22(25)20-13-11-18(12-14-20)17-24-15-7-4-8-16-24/h3,5-6,9-14,21H,2,4,7-8,15-17H2,1H3,(H,23,25)/t21-/m0/s1. The van der Waals surface area contributed by atoms with E-state index in [1.807, 2.05) is 30.3 Å². The maximum absolute atomic E-state index is 12.6. The Balaban J connectivity index is 1.60. The third kappa shape index (κ3) is 4.93. The van der Waals surface area contributed by atoms with Gasteiger partial charge in [0.25, 0.3) is 5.91 Å². The largest absolute Gasteiger partial charge is 0.345 e. The molecule has 3 heteroatoms. The molecule has 2 aromatic carbocycles. The molecule has 1 aliphatic rings. The Bertz CT molecular complexity index is 660. The molecule has 0 radical (unpaired) electrons. The van der Waals surface area contributed by atoms with Gasteiger partial charge in [0, 0.05) is 12.1 Å². The Labute approximate surface area is 151 Å². The fourth-order valence-corrected chi connectivity index (χ4v) is 3.49. The van der Waals surface area contributed by atoms with Crippen molar-refractivity contribution >= 4 is 5.91 Å². The number of nitrogens with one attached hydrogen (secondary N) is 1. The van der Waals surface area contributed by atoms with E-state index in [1.54, 1.807) is 0 Å². The van der Waals surface area contributed by atoms with E-state index in [4.69, 9.17) is 0 Å². The molecule has 1 saturated heterocycles. The van der Waals surface area contributed by atoms with E-state index in [0.717, 1.165) is 24.1 Å². The predicted molar refractivity (Wildman–Crippen MR) is 103 cm³/mol. The molecule has 0 bridgehead atoms. The van der Waals surface area contributed by atoms with Crippen LogP contribution in [0, 0.1) is 0 Å². The molecule has 1 heterocycles.